The summed E-state index contributed by atoms with van der Waals surface area (Å²) in [7, 11) is 0. The van der Waals surface area contributed by atoms with Crippen LogP contribution in [0.4, 0.5) is 13.2 Å². The van der Waals surface area contributed by atoms with Gasteiger partial charge in [-0.3, -0.25) is 0 Å². The number of unbranched alkanes of at least 4 members (excludes halogenated alkanes) is 1. The van der Waals surface area contributed by atoms with E-state index in [9.17, 15) is 13.2 Å². The maximum Gasteiger partial charge on any atom is 0.429 e. The van der Waals surface area contributed by atoms with Crippen LogP contribution in [0.25, 0.3) is 6.08 Å². The Kier molecular flexibility index (Phi) is 5.41. The molecule has 2 rings (SSSR count). The van der Waals surface area contributed by atoms with Gasteiger partial charge in [0.25, 0.3) is 0 Å². The largest absolute Gasteiger partial charge is 0.488 e. The molecule has 1 unspecified atom stereocenters. The standard InChI is InChI=1S/C14H12Cl3F3O2/c1-2-3-6-21-13-11(17)10(16)9(15)7-4-5-8(14(18,19)20)22-12(7)13/h4-5,8H,2-3,6H2,1H3. The van der Waals surface area contributed by atoms with Gasteiger partial charge >= 0.3 is 6.18 Å². The molecular weight excluding hydrogens is 364 g/mol. The van der Waals surface area contributed by atoms with E-state index in [1.54, 1.807) is 0 Å². The highest BCUT2D eigenvalue weighted by Crippen LogP contribution is 2.51. The van der Waals surface area contributed by atoms with Crippen molar-refractivity contribution in [3.63, 3.8) is 0 Å². The normalized spacial score (nSPS) is 17.1. The molecule has 1 atom stereocenters. The average molecular weight is 376 g/mol. The third-order valence-corrected chi connectivity index (χ3v) is 4.35. The summed E-state index contributed by atoms with van der Waals surface area (Å²) in [6.07, 6.45) is -2.98. The second-order valence-corrected chi connectivity index (χ2v) is 5.79. The van der Waals surface area contributed by atoms with Crippen molar-refractivity contribution in [1.29, 1.82) is 0 Å². The van der Waals surface area contributed by atoms with E-state index < -0.39 is 12.3 Å². The molecule has 0 fully saturated rings. The number of rotatable bonds is 4. The fraction of sp³-hybridized carbons (Fsp3) is 0.429. The molecule has 1 aliphatic heterocycles. The molecule has 0 radical (unpaired) electrons. The Bertz CT molecular complexity index is 600. The summed E-state index contributed by atoms with van der Waals surface area (Å²) < 4.78 is 49.0. The highest BCUT2D eigenvalue weighted by molar-refractivity contribution is 6.49. The molecule has 0 saturated carbocycles. The van der Waals surface area contributed by atoms with Crippen LogP contribution in [-0.2, 0) is 0 Å². The van der Waals surface area contributed by atoms with E-state index in [1.165, 1.54) is 6.08 Å². The summed E-state index contributed by atoms with van der Waals surface area (Å²) in [6.45, 7) is 2.23. The number of hydrogen-bond donors (Lipinski definition) is 0. The zero-order valence-corrected chi connectivity index (χ0v) is 13.7. The summed E-state index contributed by atoms with van der Waals surface area (Å²) in [4.78, 5) is 0. The lowest BCUT2D eigenvalue weighted by molar-refractivity contribution is -0.180. The highest BCUT2D eigenvalue weighted by atomic mass is 35.5. The summed E-state index contributed by atoms with van der Waals surface area (Å²) >= 11 is 18.1. The molecular formula is C14H12Cl3F3O2. The van der Waals surface area contributed by atoms with E-state index in [2.05, 4.69) is 0 Å². The number of benzene rings is 1. The molecule has 0 bridgehead atoms. The van der Waals surface area contributed by atoms with Gasteiger partial charge in [0.1, 0.15) is 5.02 Å². The zero-order valence-electron chi connectivity index (χ0n) is 11.4. The van der Waals surface area contributed by atoms with Crippen molar-refractivity contribution in [3.8, 4) is 11.5 Å². The van der Waals surface area contributed by atoms with Crippen LogP contribution in [0.1, 0.15) is 25.3 Å². The van der Waals surface area contributed by atoms with Gasteiger partial charge in [-0.15, -0.1) is 0 Å². The predicted octanol–water partition coefficient (Wildman–Crippen LogP) is 6.16. The van der Waals surface area contributed by atoms with Crippen molar-refractivity contribution in [3.05, 3.63) is 26.7 Å². The second kappa shape index (κ2) is 6.77. The molecule has 0 N–H and O–H groups in total. The lowest BCUT2D eigenvalue weighted by Crippen LogP contribution is -2.34. The van der Waals surface area contributed by atoms with Crippen LogP contribution in [0.15, 0.2) is 6.08 Å². The third-order valence-electron chi connectivity index (χ3n) is 3.02. The maximum atomic E-state index is 12.8. The van der Waals surface area contributed by atoms with Crippen LogP contribution in [-0.4, -0.2) is 18.9 Å². The first-order valence-corrected chi connectivity index (χ1v) is 7.65. The molecule has 22 heavy (non-hydrogen) atoms. The molecule has 1 aliphatic rings. The van der Waals surface area contributed by atoms with Crippen molar-refractivity contribution in [1.82, 2.24) is 0 Å². The van der Waals surface area contributed by atoms with E-state index in [0.29, 0.717) is 6.42 Å². The van der Waals surface area contributed by atoms with Crippen molar-refractivity contribution in [2.75, 3.05) is 6.61 Å². The smallest absolute Gasteiger partial charge is 0.429 e. The fourth-order valence-corrected chi connectivity index (χ4v) is 2.59. The molecule has 0 amide bonds. The molecule has 122 valence electrons. The van der Waals surface area contributed by atoms with Gasteiger partial charge in [-0.1, -0.05) is 48.1 Å². The summed E-state index contributed by atoms with van der Waals surface area (Å²) in [5, 5.41) is -0.00795. The van der Waals surface area contributed by atoms with E-state index in [0.717, 1.165) is 12.5 Å². The Morgan fingerprint density at radius 1 is 1.18 bits per heavy atom. The first-order chi connectivity index (χ1) is 10.3. The SMILES string of the molecule is CCCCOc1c(Cl)c(Cl)c(Cl)c2c1OC(C(F)(F)F)C=C2. The van der Waals surface area contributed by atoms with E-state index in [4.69, 9.17) is 44.3 Å². The Morgan fingerprint density at radius 2 is 1.86 bits per heavy atom. The van der Waals surface area contributed by atoms with Gasteiger partial charge in [0.15, 0.2) is 11.5 Å². The van der Waals surface area contributed by atoms with Crippen molar-refractivity contribution < 1.29 is 22.6 Å². The quantitative estimate of drug-likeness (QED) is 0.463. The minimum atomic E-state index is -4.55. The Balaban J connectivity index is 2.47. The van der Waals surface area contributed by atoms with Gasteiger partial charge in [-0.25, -0.2) is 0 Å². The van der Waals surface area contributed by atoms with Gasteiger partial charge in [0.05, 0.1) is 16.7 Å². The van der Waals surface area contributed by atoms with Gasteiger partial charge in [-0.05, 0) is 18.6 Å². The van der Waals surface area contributed by atoms with Crippen molar-refractivity contribution >= 4 is 40.9 Å². The van der Waals surface area contributed by atoms with Gasteiger partial charge < -0.3 is 9.47 Å². The molecule has 8 heteroatoms. The van der Waals surface area contributed by atoms with Crippen LogP contribution < -0.4 is 9.47 Å². The zero-order chi connectivity index (χ0) is 16.5. The molecule has 1 aromatic rings. The van der Waals surface area contributed by atoms with E-state index >= 15 is 0 Å². The number of ether oxygens (including phenoxy) is 2. The second-order valence-electron chi connectivity index (χ2n) is 4.66. The number of halogens is 6. The lowest BCUT2D eigenvalue weighted by atomic mass is 10.1. The topological polar surface area (TPSA) is 18.5 Å². The number of hydrogen-bond acceptors (Lipinski definition) is 2. The minimum absolute atomic E-state index is 0.0156. The first-order valence-electron chi connectivity index (χ1n) is 6.52. The van der Waals surface area contributed by atoms with E-state index in [1.807, 2.05) is 6.92 Å². The van der Waals surface area contributed by atoms with Crippen molar-refractivity contribution in [2.45, 2.75) is 32.0 Å². The molecule has 1 heterocycles. The molecule has 0 spiro atoms. The molecule has 1 aromatic carbocycles. The summed E-state index contributed by atoms with van der Waals surface area (Å²) in [6, 6.07) is 0. The predicted molar refractivity (Wildman–Crippen MR) is 81.4 cm³/mol. The molecule has 0 aliphatic carbocycles. The van der Waals surface area contributed by atoms with Gasteiger partial charge in [-0.2, -0.15) is 13.2 Å². The van der Waals surface area contributed by atoms with Crippen molar-refractivity contribution in [2.24, 2.45) is 0 Å². The maximum absolute atomic E-state index is 12.8. The summed E-state index contributed by atoms with van der Waals surface area (Å²) in [5.74, 6) is -0.154. The van der Waals surface area contributed by atoms with Gasteiger partial charge in [0.2, 0.25) is 6.10 Å². The molecule has 2 nitrogen and oxygen atoms in total. The number of fused-ring (bicyclic) bond motifs is 1. The monoisotopic (exact) mass is 374 g/mol. The Morgan fingerprint density at radius 3 is 2.45 bits per heavy atom. The van der Waals surface area contributed by atoms with E-state index in [-0.39, 0.29) is 38.7 Å². The van der Waals surface area contributed by atoms with Gasteiger partial charge in [0, 0.05) is 5.56 Å². The number of alkyl halides is 3. The highest BCUT2D eigenvalue weighted by Gasteiger charge is 2.43. The average Bonchev–Trinajstić information content (AvgIpc) is 2.47. The minimum Gasteiger partial charge on any atom is -0.488 e. The Hall–Kier alpha value is -0.780. The lowest BCUT2D eigenvalue weighted by Gasteiger charge is -2.26. The molecule has 0 aromatic heterocycles. The van der Waals surface area contributed by atoms with Crippen LogP contribution in [0.2, 0.25) is 15.1 Å². The molecule has 0 saturated heterocycles. The van der Waals surface area contributed by atoms with Crippen LogP contribution in [0.5, 0.6) is 11.5 Å². The van der Waals surface area contributed by atoms with Crippen LogP contribution in [0, 0.1) is 0 Å². The van der Waals surface area contributed by atoms with Crippen LogP contribution >= 0.6 is 34.8 Å². The first kappa shape index (κ1) is 17.6. The fourth-order valence-electron chi connectivity index (χ4n) is 1.88. The Labute approximate surface area is 140 Å². The summed E-state index contributed by atoms with van der Waals surface area (Å²) in [5.41, 5.74) is 0.225. The third kappa shape index (κ3) is 3.42. The van der Waals surface area contributed by atoms with Crippen LogP contribution in [0.3, 0.4) is 0 Å².